The molecular formula is C19H16ClN3O5S2. The average Bonchev–Trinajstić information content (AvgIpc) is 3.24. The van der Waals surface area contributed by atoms with Crippen molar-refractivity contribution in [1.82, 2.24) is 0 Å². The number of ether oxygens (including phenoxy) is 1. The molecule has 0 fully saturated rings. The van der Waals surface area contributed by atoms with Gasteiger partial charge in [-0.2, -0.15) is 0 Å². The Hall–Kier alpha value is -2.92. The van der Waals surface area contributed by atoms with Crippen molar-refractivity contribution in [3.8, 4) is 5.75 Å². The molecule has 0 aliphatic rings. The van der Waals surface area contributed by atoms with E-state index in [2.05, 4.69) is 10.6 Å². The lowest BCUT2D eigenvalue weighted by Crippen LogP contribution is -2.16. The molecule has 3 rings (SSSR count). The predicted octanol–water partition coefficient (Wildman–Crippen LogP) is 3.56. The van der Waals surface area contributed by atoms with Crippen LogP contribution in [0.3, 0.4) is 0 Å². The third-order valence-corrected chi connectivity index (χ3v) is 6.08. The van der Waals surface area contributed by atoms with Crippen molar-refractivity contribution in [3.63, 3.8) is 0 Å². The van der Waals surface area contributed by atoms with Crippen LogP contribution in [0, 0.1) is 0 Å². The number of hydrogen-bond donors (Lipinski definition) is 3. The largest absolute Gasteiger partial charge is 0.495 e. The van der Waals surface area contributed by atoms with Crippen LogP contribution in [0.1, 0.15) is 20.0 Å². The Labute approximate surface area is 181 Å². The normalized spacial score (nSPS) is 11.0. The molecule has 11 heteroatoms. The van der Waals surface area contributed by atoms with Crippen LogP contribution in [0.15, 0.2) is 58.8 Å². The number of nitrogens with two attached hydrogens (primary N) is 1. The number of methoxy groups -OCH3 is 1. The standard InChI is InChI=1S/C19H16ClN3O5S2/c1-28-15-7-5-12(10-17(15)30(21,26)27)22-18(24)11-4-6-13(20)14(9-11)23-19(25)16-3-2-8-29-16/h2-10H,1H3,(H,22,24)(H,23,25)(H2,21,26,27). The molecule has 0 aliphatic carbocycles. The molecule has 156 valence electrons. The van der Waals surface area contributed by atoms with Crippen LogP contribution in [-0.4, -0.2) is 27.3 Å². The van der Waals surface area contributed by atoms with Crippen LogP contribution in [0.5, 0.6) is 5.75 Å². The van der Waals surface area contributed by atoms with Crippen molar-refractivity contribution in [2.24, 2.45) is 5.14 Å². The first-order valence-electron chi connectivity index (χ1n) is 8.35. The average molecular weight is 466 g/mol. The van der Waals surface area contributed by atoms with Gasteiger partial charge in [-0.3, -0.25) is 9.59 Å². The van der Waals surface area contributed by atoms with Gasteiger partial charge in [0.15, 0.2) is 0 Å². The Morgan fingerprint density at radius 2 is 1.83 bits per heavy atom. The summed E-state index contributed by atoms with van der Waals surface area (Å²) in [7, 11) is -2.75. The summed E-state index contributed by atoms with van der Waals surface area (Å²) >= 11 is 7.40. The SMILES string of the molecule is COc1ccc(NC(=O)c2ccc(Cl)c(NC(=O)c3cccs3)c2)cc1S(N)(=O)=O. The molecule has 0 spiro atoms. The molecule has 3 aromatic rings. The van der Waals surface area contributed by atoms with E-state index in [4.69, 9.17) is 21.5 Å². The fourth-order valence-corrected chi connectivity index (χ4v) is 4.04. The topological polar surface area (TPSA) is 128 Å². The first kappa shape index (κ1) is 21.8. The number of hydrogen-bond acceptors (Lipinski definition) is 6. The Morgan fingerprint density at radius 1 is 1.07 bits per heavy atom. The van der Waals surface area contributed by atoms with Gasteiger partial charge in [0.2, 0.25) is 10.0 Å². The van der Waals surface area contributed by atoms with Crippen molar-refractivity contribution in [1.29, 1.82) is 0 Å². The van der Waals surface area contributed by atoms with Gasteiger partial charge in [0.25, 0.3) is 11.8 Å². The van der Waals surface area contributed by atoms with Crippen molar-refractivity contribution in [2.45, 2.75) is 4.90 Å². The van der Waals surface area contributed by atoms with E-state index in [0.29, 0.717) is 4.88 Å². The summed E-state index contributed by atoms with van der Waals surface area (Å²) < 4.78 is 28.5. The molecule has 0 radical (unpaired) electrons. The molecule has 0 aliphatic heterocycles. The number of sulfonamides is 1. The van der Waals surface area contributed by atoms with Gasteiger partial charge in [-0.15, -0.1) is 11.3 Å². The number of carbonyl (C=O) groups is 2. The van der Waals surface area contributed by atoms with Gasteiger partial charge in [0.05, 0.1) is 22.7 Å². The van der Waals surface area contributed by atoms with Crippen LogP contribution < -0.4 is 20.5 Å². The number of nitrogens with one attached hydrogen (secondary N) is 2. The van der Waals surface area contributed by atoms with Crippen molar-refractivity contribution >= 4 is 56.2 Å². The van der Waals surface area contributed by atoms with Gasteiger partial charge in [0, 0.05) is 11.3 Å². The van der Waals surface area contributed by atoms with Crippen molar-refractivity contribution in [3.05, 3.63) is 69.4 Å². The summed E-state index contributed by atoms with van der Waals surface area (Å²) in [4.78, 5) is 25.1. The molecule has 4 N–H and O–H groups in total. The molecule has 8 nitrogen and oxygen atoms in total. The van der Waals surface area contributed by atoms with E-state index >= 15 is 0 Å². The fraction of sp³-hybridized carbons (Fsp3) is 0.0526. The van der Waals surface area contributed by atoms with Crippen molar-refractivity contribution in [2.75, 3.05) is 17.7 Å². The Morgan fingerprint density at radius 3 is 2.47 bits per heavy atom. The molecule has 2 aromatic carbocycles. The third-order valence-electron chi connectivity index (χ3n) is 3.95. The van der Waals surface area contributed by atoms with E-state index in [9.17, 15) is 18.0 Å². The number of amides is 2. The van der Waals surface area contributed by atoms with Crippen LogP contribution in [-0.2, 0) is 10.0 Å². The minimum atomic E-state index is -4.06. The maximum Gasteiger partial charge on any atom is 0.265 e. The molecule has 1 heterocycles. The van der Waals surface area contributed by atoms with E-state index < -0.39 is 15.9 Å². The number of halogens is 1. The highest BCUT2D eigenvalue weighted by molar-refractivity contribution is 7.89. The molecule has 2 amide bonds. The van der Waals surface area contributed by atoms with Crippen LogP contribution in [0.2, 0.25) is 5.02 Å². The summed E-state index contributed by atoms with van der Waals surface area (Å²) in [6.07, 6.45) is 0. The van der Waals surface area contributed by atoms with E-state index in [0.717, 1.165) is 0 Å². The molecule has 1 aromatic heterocycles. The van der Waals surface area contributed by atoms with E-state index in [-0.39, 0.29) is 38.5 Å². The molecule has 0 saturated carbocycles. The molecule has 0 saturated heterocycles. The quantitative estimate of drug-likeness (QED) is 0.512. The highest BCUT2D eigenvalue weighted by Crippen LogP contribution is 2.28. The minimum absolute atomic E-state index is 0.0561. The van der Waals surface area contributed by atoms with Gasteiger partial charge in [-0.05, 0) is 47.8 Å². The van der Waals surface area contributed by atoms with Crippen molar-refractivity contribution < 1.29 is 22.7 Å². The number of anilines is 2. The zero-order chi connectivity index (χ0) is 21.9. The summed E-state index contributed by atoms with van der Waals surface area (Å²) in [6.45, 7) is 0. The van der Waals surface area contributed by atoms with Crippen LogP contribution >= 0.6 is 22.9 Å². The Balaban J connectivity index is 1.83. The highest BCUT2D eigenvalue weighted by Gasteiger charge is 2.17. The van der Waals surface area contributed by atoms with Crippen LogP contribution in [0.25, 0.3) is 0 Å². The van der Waals surface area contributed by atoms with Gasteiger partial charge < -0.3 is 15.4 Å². The summed E-state index contributed by atoms with van der Waals surface area (Å²) in [5.41, 5.74) is 0.667. The monoisotopic (exact) mass is 465 g/mol. The van der Waals surface area contributed by atoms with Crippen LogP contribution in [0.4, 0.5) is 11.4 Å². The van der Waals surface area contributed by atoms with E-state index in [1.165, 1.54) is 54.8 Å². The number of benzene rings is 2. The summed E-state index contributed by atoms with van der Waals surface area (Å²) in [6, 6.07) is 11.8. The van der Waals surface area contributed by atoms with Gasteiger partial charge in [-0.25, -0.2) is 13.6 Å². The number of rotatable bonds is 6. The minimum Gasteiger partial charge on any atom is -0.495 e. The second-order valence-electron chi connectivity index (χ2n) is 5.99. The molecule has 30 heavy (non-hydrogen) atoms. The lowest BCUT2D eigenvalue weighted by Gasteiger charge is -2.12. The number of primary sulfonamides is 1. The molecule has 0 atom stereocenters. The lowest BCUT2D eigenvalue weighted by molar-refractivity contribution is 0.101. The second-order valence-corrected chi connectivity index (χ2v) is 8.88. The maximum absolute atomic E-state index is 12.6. The Kier molecular flexibility index (Phi) is 6.42. The fourth-order valence-electron chi connectivity index (χ4n) is 2.53. The van der Waals surface area contributed by atoms with E-state index in [1.807, 2.05) is 0 Å². The molecular weight excluding hydrogens is 450 g/mol. The number of thiophene rings is 1. The third kappa shape index (κ3) is 4.97. The first-order chi connectivity index (χ1) is 14.2. The Bertz CT molecular complexity index is 1210. The summed E-state index contributed by atoms with van der Waals surface area (Å²) in [5, 5.41) is 12.5. The number of carbonyl (C=O) groups excluding carboxylic acids is 2. The van der Waals surface area contributed by atoms with Gasteiger partial charge in [0.1, 0.15) is 10.6 Å². The second kappa shape index (κ2) is 8.84. The van der Waals surface area contributed by atoms with E-state index in [1.54, 1.807) is 17.5 Å². The van der Waals surface area contributed by atoms with Gasteiger partial charge >= 0.3 is 0 Å². The predicted molar refractivity (Wildman–Crippen MR) is 116 cm³/mol. The first-order valence-corrected chi connectivity index (χ1v) is 11.2. The zero-order valence-corrected chi connectivity index (χ0v) is 17.9. The molecule has 0 bridgehead atoms. The smallest absolute Gasteiger partial charge is 0.265 e. The lowest BCUT2D eigenvalue weighted by atomic mass is 10.1. The summed E-state index contributed by atoms with van der Waals surface area (Å²) in [5.74, 6) is -0.832. The van der Waals surface area contributed by atoms with Gasteiger partial charge in [-0.1, -0.05) is 17.7 Å². The zero-order valence-electron chi connectivity index (χ0n) is 15.5. The highest BCUT2D eigenvalue weighted by atomic mass is 35.5. The maximum atomic E-state index is 12.6. The molecule has 0 unspecified atom stereocenters.